The zero-order valence-corrected chi connectivity index (χ0v) is 12.6. The summed E-state index contributed by atoms with van der Waals surface area (Å²) in [5.41, 5.74) is 0.886. The summed E-state index contributed by atoms with van der Waals surface area (Å²) >= 11 is 0. The maximum Gasteiger partial charge on any atom is -0.0000126 e. The Morgan fingerprint density at radius 1 is 0.938 bits per heavy atom. The van der Waals surface area contributed by atoms with Gasteiger partial charge in [0.2, 0.25) is 0 Å². The van der Waals surface area contributed by atoms with E-state index in [1.165, 1.54) is 25.8 Å². The van der Waals surface area contributed by atoms with Gasteiger partial charge in [-0.2, -0.15) is 0 Å². The normalized spacial score (nSPS) is 15.2. The Kier molecular flexibility index (Phi) is 6.62. The number of hydrogen-bond donors (Lipinski definition) is 1. The van der Waals surface area contributed by atoms with E-state index >= 15 is 0 Å². The Morgan fingerprint density at radius 2 is 1.50 bits per heavy atom. The summed E-state index contributed by atoms with van der Waals surface area (Å²) in [5, 5.41) is 3.54. The van der Waals surface area contributed by atoms with Crippen LogP contribution < -0.4 is 5.32 Å². The highest BCUT2D eigenvalue weighted by Gasteiger charge is 2.18. The Bertz CT molecular complexity index is 171. The molecule has 0 aromatic rings. The molecule has 0 saturated carbocycles. The second-order valence-electron chi connectivity index (χ2n) is 7.50. The molecule has 0 amide bonds. The van der Waals surface area contributed by atoms with Gasteiger partial charge in [0.15, 0.2) is 0 Å². The van der Waals surface area contributed by atoms with Crippen LogP contribution in [0.25, 0.3) is 0 Å². The predicted octanol–water partition coefficient (Wildman–Crippen LogP) is 4.47. The molecule has 0 saturated heterocycles. The van der Waals surface area contributed by atoms with E-state index in [1.807, 2.05) is 0 Å². The van der Waals surface area contributed by atoms with E-state index in [0.717, 1.165) is 12.5 Å². The first-order chi connectivity index (χ1) is 7.13. The number of nitrogens with one attached hydrogen (secondary N) is 1. The summed E-state index contributed by atoms with van der Waals surface area (Å²) in [4.78, 5) is 0. The Labute approximate surface area is 103 Å². The molecular formula is C15H33N. The van der Waals surface area contributed by atoms with Crippen molar-refractivity contribution in [3.63, 3.8) is 0 Å². The molecule has 1 atom stereocenters. The first kappa shape index (κ1) is 16.0. The van der Waals surface area contributed by atoms with Crippen molar-refractivity contribution in [1.82, 2.24) is 5.32 Å². The van der Waals surface area contributed by atoms with Gasteiger partial charge < -0.3 is 5.32 Å². The van der Waals surface area contributed by atoms with Crippen LogP contribution >= 0.6 is 0 Å². The van der Waals surface area contributed by atoms with Crippen molar-refractivity contribution in [3.05, 3.63) is 0 Å². The monoisotopic (exact) mass is 227 g/mol. The van der Waals surface area contributed by atoms with Gasteiger partial charge in [0, 0.05) is 0 Å². The lowest BCUT2D eigenvalue weighted by Gasteiger charge is -2.27. The zero-order valence-electron chi connectivity index (χ0n) is 12.6. The first-order valence-electron chi connectivity index (χ1n) is 6.83. The van der Waals surface area contributed by atoms with Crippen LogP contribution in [0.2, 0.25) is 0 Å². The molecule has 0 aromatic heterocycles. The van der Waals surface area contributed by atoms with Gasteiger partial charge in [0.25, 0.3) is 0 Å². The van der Waals surface area contributed by atoms with E-state index in [9.17, 15) is 0 Å². The molecule has 16 heavy (non-hydrogen) atoms. The van der Waals surface area contributed by atoms with Crippen LogP contribution in [0.3, 0.4) is 0 Å². The van der Waals surface area contributed by atoms with Crippen molar-refractivity contribution < 1.29 is 0 Å². The molecule has 0 radical (unpaired) electrons. The number of hydrogen-bond acceptors (Lipinski definition) is 1. The summed E-state index contributed by atoms with van der Waals surface area (Å²) in [7, 11) is 0. The van der Waals surface area contributed by atoms with Crippen LogP contribution in [-0.4, -0.2) is 13.1 Å². The van der Waals surface area contributed by atoms with Gasteiger partial charge in [-0.25, -0.2) is 0 Å². The highest BCUT2D eigenvalue weighted by Crippen LogP contribution is 2.29. The van der Waals surface area contributed by atoms with Crippen LogP contribution in [0.15, 0.2) is 0 Å². The fourth-order valence-electron chi connectivity index (χ4n) is 1.60. The van der Waals surface area contributed by atoms with Crippen LogP contribution in [0.5, 0.6) is 0 Å². The lowest BCUT2D eigenvalue weighted by atomic mass is 9.79. The van der Waals surface area contributed by atoms with Crippen molar-refractivity contribution in [3.8, 4) is 0 Å². The largest absolute Gasteiger partial charge is 0.316 e. The number of rotatable bonds is 6. The van der Waals surface area contributed by atoms with Gasteiger partial charge in [-0.05, 0) is 36.3 Å². The molecule has 1 N–H and O–H groups in total. The molecule has 0 heterocycles. The lowest BCUT2D eigenvalue weighted by Crippen LogP contribution is -2.27. The smallest absolute Gasteiger partial charge is 0.0000126 e. The maximum atomic E-state index is 3.54. The van der Waals surface area contributed by atoms with Crippen LogP contribution in [-0.2, 0) is 0 Å². The van der Waals surface area contributed by atoms with E-state index in [4.69, 9.17) is 0 Å². The minimum absolute atomic E-state index is 0.415. The molecule has 0 aliphatic rings. The summed E-state index contributed by atoms with van der Waals surface area (Å²) in [6.07, 6.45) is 4.03. The van der Waals surface area contributed by atoms with Gasteiger partial charge in [0.05, 0.1) is 0 Å². The van der Waals surface area contributed by atoms with Gasteiger partial charge in [-0.3, -0.25) is 0 Å². The SMILES string of the molecule is C[C@@H](CCCCNCC(C)(C)C)C(C)(C)C. The van der Waals surface area contributed by atoms with Gasteiger partial charge in [0.1, 0.15) is 0 Å². The van der Waals surface area contributed by atoms with Crippen molar-refractivity contribution in [2.75, 3.05) is 13.1 Å². The van der Waals surface area contributed by atoms with Crippen molar-refractivity contribution in [1.29, 1.82) is 0 Å². The average Bonchev–Trinajstić information content (AvgIpc) is 2.07. The fraction of sp³-hybridized carbons (Fsp3) is 1.00. The highest BCUT2D eigenvalue weighted by atomic mass is 14.9. The molecule has 98 valence electrons. The van der Waals surface area contributed by atoms with E-state index in [1.54, 1.807) is 0 Å². The van der Waals surface area contributed by atoms with Crippen LogP contribution in [0, 0.1) is 16.7 Å². The average molecular weight is 227 g/mol. The van der Waals surface area contributed by atoms with Crippen LogP contribution in [0.4, 0.5) is 0 Å². The third-order valence-corrected chi connectivity index (χ3v) is 3.37. The second kappa shape index (κ2) is 6.64. The standard InChI is InChI=1S/C15H33N/c1-13(15(5,6)7)10-8-9-11-16-12-14(2,3)4/h13,16H,8-12H2,1-7H3/t13-/m0/s1. The predicted molar refractivity (Wildman–Crippen MR) is 74.8 cm³/mol. The molecule has 0 fully saturated rings. The molecular weight excluding hydrogens is 194 g/mol. The van der Waals surface area contributed by atoms with Crippen molar-refractivity contribution in [2.45, 2.75) is 67.7 Å². The fourth-order valence-corrected chi connectivity index (χ4v) is 1.60. The Morgan fingerprint density at radius 3 is 1.94 bits per heavy atom. The summed E-state index contributed by atoms with van der Waals surface area (Å²) in [6.45, 7) is 18.5. The molecule has 1 nitrogen and oxygen atoms in total. The minimum Gasteiger partial charge on any atom is -0.316 e. The van der Waals surface area contributed by atoms with Gasteiger partial charge in [-0.15, -0.1) is 0 Å². The third-order valence-electron chi connectivity index (χ3n) is 3.37. The van der Waals surface area contributed by atoms with Gasteiger partial charge in [-0.1, -0.05) is 61.3 Å². The quantitative estimate of drug-likeness (QED) is 0.660. The Balaban J connectivity index is 3.41. The topological polar surface area (TPSA) is 12.0 Å². The third kappa shape index (κ3) is 9.21. The summed E-state index contributed by atoms with van der Waals surface area (Å²) in [5.74, 6) is 0.829. The molecule has 0 bridgehead atoms. The van der Waals surface area contributed by atoms with Crippen LogP contribution in [0.1, 0.15) is 67.7 Å². The molecule has 0 unspecified atom stereocenters. The van der Waals surface area contributed by atoms with Crippen molar-refractivity contribution >= 4 is 0 Å². The van der Waals surface area contributed by atoms with E-state index in [0.29, 0.717) is 10.8 Å². The first-order valence-corrected chi connectivity index (χ1v) is 6.83. The zero-order chi connectivity index (χ0) is 12.8. The molecule has 0 aliphatic heterocycles. The molecule has 0 rings (SSSR count). The van der Waals surface area contributed by atoms with Crippen molar-refractivity contribution in [2.24, 2.45) is 16.7 Å². The maximum absolute atomic E-state index is 3.54. The van der Waals surface area contributed by atoms with E-state index in [2.05, 4.69) is 53.8 Å². The second-order valence-corrected chi connectivity index (χ2v) is 7.50. The number of unbranched alkanes of at least 4 members (excludes halogenated alkanes) is 1. The molecule has 0 aliphatic carbocycles. The molecule has 0 aromatic carbocycles. The summed E-state index contributed by atoms with van der Waals surface area (Å²) in [6, 6.07) is 0. The molecule has 1 heteroatoms. The Hall–Kier alpha value is -0.0400. The minimum atomic E-state index is 0.415. The highest BCUT2D eigenvalue weighted by molar-refractivity contribution is 4.70. The van der Waals surface area contributed by atoms with E-state index < -0.39 is 0 Å². The lowest BCUT2D eigenvalue weighted by molar-refractivity contribution is 0.240. The molecule has 0 spiro atoms. The van der Waals surface area contributed by atoms with Gasteiger partial charge >= 0.3 is 0 Å². The summed E-state index contributed by atoms with van der Waals surface area (Å²) < 4.78 is 0. The van der Waals surface area contributed by atoms with E-state index in [-0.39, 0.29) is 0 Å².